The van der Waals surface area contributed by atoms with Crippen molar-refractivity contribution < 1.29 is 9.59 Å². The molecule has 2 N–H and O–H groups in total. The van der Waals surface area contributed by atoms with Crippen LogP contribution >= 0.6 is 34.8 Å². The maximum atomic E-state index is 12.3. The van der Waals surface area contributed by atoms with Crippen LogP contribution in [0.15, 0.2) is 36.4 Å². The van der Waals surface area contributed by atoms with Gasteiger partial charge in [-0.25, -0.2) is 0 Å². The Labute approximate surface area is 216 Å². The number of ketones is 1. The lowest BCUT2D eigenvalue weighted by Crippen LogP contribution is -2.52. The second-order valence-electron chi connectivity index (χ2n) is 9.45. The molecule has 1 amide bonds. The third kappa shape index (κ3) is 5.44. The summed E-state index contributed by atoms with van der Waals surface area (Å²) in [6.45, 7) is 3.25. The number of nitrogens with two attached hydrogens (primary N) is 1. The number of benzene rings is 2. The van der Waals surface area contributed by atoms with E-state index in [4.69, 9.17) is 40.5 Å². The smallest absolute Gasteiger partial charge is 0.239 e. The fourth-order valence-electron chi connectivity index (χ4n) is 4.87. The molecule has 1 unspecified atom stereocenters. The van der Waals surface area contributed by atoms with Gasteiger partial charge < -0.3 is 15.5 Å². The number of nitrogens with zero attached hydrogens (tertiary/aromatic N) is 2. The molecule has 1 heterocycles. The first kappa shape index (κ1) is 25.5. The maximum absolute atomic E-state index is 12.3. The van der Waals surface area contributed by atoms with Crippen LogP contribution in [0, 0.1) is 0 Å². The van der Waals surface area contributed by atoms with Gasteiger partial charge in [0.15, 0.2) is 0 Å². The van der Waals surface area contributed by atoms with E-state index in [0.717, 1.165) is 61.6 Å². The lowest BCUT2D eigenvalue weighted by atomic mass is 9.79. The Balaban J connectivity index is 0.000000170. The van der Waals surface area contributed by atoms with Gasteiger partial charge in [-0.3, -0.25) is 9.59 Å². The van der Waals surface area contributed by atoms with Crippen molar-refractivity contribution in [2.45, 2.75) is 43.6 Å². The molecule has 0 aromatic heterocycles. The Hall–Kier alpha value is -1.63. The Bertz CT molecular complexity index is 1080. The third-order valence-corrected chi connectivity index (χ3v) is 7.97. The average Bonchev–Trinajstić information content (AvgIpc) is 3.60. The summed E-state index contributed by atoms with van der Waals surface area (Å²) in [6, 6.07) is 10.7. The topological polar surface area (TPSA) is 66.6 Å². The molecule has 8 heteroatoms. The third-order valence-electron chi connectivity index (χ3n) is 7.07. The summed E-state index contributed by atoms with van der Waals surface area (Å²) in [5.41, 5.74) is 9.14. The number of carbonyl (C=O) groups excluding carboxylic acids is 2. The van der Waals surface area contributed by atoms with Gasteiger partial charge in [0.25, 0.3) is 0 Å². The van der Waals surface area contributed by atoms with Crippen molar-refractivity contribution >= 4 is 46.5 Å². The van der Waals surface area contributed by atoms with Crippen molar-refractivity contribution in [1.82, 2.24) is 9.80 Å². The number of rotatable bonds is 3. The van der Waals surface area contributed by atoms with E-state index in [2.05, 4.69) is 18.0 Å². The quantitative estimate of drug-likeness (QED) is 0.643. The summed E-state index contributed by atoms with van der Waals surface area (Å²) in [5, 5.41) is 1.92. The number of amides is 1. The molecule has 34 heavy (non-hydrogen) atoms. The summed E-state index contributed by atoms with van der Waals surface area (Å²) >= 11 is 18.1. The molecule has 182 valence electrons. The van der Waals surface area contributed by atoms with Gasteiger partial charge in [0.1, 0.15) is 5.78 Å². The fourth-order valence-corrected chi connectivity index (χ4v) is 5.73. The molecule has 2 aromatic carbocycles. The van der Waals surface area contributed by atoms with Gasteiger partial charge in [-0.2, -0.15) is 0 Å². The second-order valence-corrected chi connectivity index (χ2v) is 10.7. The first-order valence-corrected chi connectivity index (χ1v) is 12.8. The van der Waals surface area contributed by atoms with Crippen LogP contribution < -0.4 is 5.73 Å². The normalized spacial score (nSPS) is 19.8. The molecule has 2 aliphatic carbocycles. The van der Waals surface area contributed by atoms with Crippen LogP contribution in [0.1, 0.15) is 36.0 Å². The molecule has 1 aliphatic heterocycles. The van der Waals surface area contributed by atoms with Gasteiger partial charge in [-0.1, -0.05) is 53.0 Å². The van der Waals surface area contributed by atoms with Gasteiger partial charge in [0.2, 0.25) is 5.91 Å². The number of halogens is 3. The van der Waals surface area contributed by atoms with Gasteiger partial charge in [0.05, 0.1) is 11.5 Å². The number of piperazine rings is 1. The van der Waals surface area contributed by atoms with Crippen LogP contribution in [0.25, 0.3) is 0 Å². The zero-order valence-corrected chi connectivity index (χ0v) is 21.6. The van der Waals surface area contributed by atoms with E-state index < -0.39 is 6.04 Å². The molecule has 5 nitrogen and oxygen atoms in total. The fraction of sp³-hybridized carbons (Fsp3) is 0.462. The number of Topliss-reactive ketones (excluding diaryl/α,β-unsaturated/α-hetero) is 1. The van der Waals surface area contributed by atoms with Crippen LogP contribution in [-0.4, -0.2) is 60.8 Å². The molecule has 1 saturated heterocycles. The molecular weight excluding hydrogens is 493 g/mol. The largest absolute Gasteiger partial charge is 0.339 e. The number of aryl methyl sites for hydroxylation is 1. The predicted octanol–water partition coefficient (Wildman–Crippen LogP) is 4.52. The van der Waals surface area contributed by atoms with Crippen molar-refractivity contribution in [3.8, 4) is 0 Å². The highest BCUT2D eigenvalue weighted by molar-refractivity contribution is 6.35. The molecule has 1 spiro atoms. The van der Waals surface area contributed by atoms with E-state index in [0.29, 0.717) is 28.7 Å². The molecule has 1 saturated carbocycles. The predicted molar refractivity (Wildman–Crippen MR) is 138 cm³/mol. The van der Waals surface area contributed by atoms with Crippen molar-refractivity contribution in [3.05, 3.63) is 68.2 Å². The summed E-state index contributed by atoms with van der Waals surface area (Å²) in [5.74, 6) is 0.391. The first-order valence-electron chi connectivity index (χ1n) is 11.7. The van der Waals surface area contributed by atoms with Gasteiger partial charge in [-0.05, 0) is 67.6 Å². The monoisotopic (exact) mass is 521 g/mol. The molecule has 0 bridgehead atoms. The minimum Gasteiger partial charge on any atom is -0.339 e. The van der Waals surface area contributed by atoms with E-state index in [9.17, 15) is 9.59 Å². The van der Waals surface area contributed by atoms with Crippen molar-refractivity contribution in [2.24, 2.45) is 5.73 Å². The van der Waals surface area contributed by atoms with Crippen LogP contribution in [0.2, 0.25) is 15.1 Å². The molecule has 5 rings (SSSR count). The molecule has 2 fully saturated rings. The van der Waals surface area contributed by atoms with Crippen LogP contribution in [-0.2, 0) is 27.8 Å². The van der Waals surface area contributed by atoms with Crippen LogP contribution in [0.4, 0.5) is 0 Å². The molecule has 1 atom stereocenters. The lowest BCUT2D eigenvalue weighted by molar-refractivity contribution is -0.134. The summed E-state index contributed by atoms with van der Waals surface area (Å²) in [6.07, 6.45) is 4.01. The van der Waals surface area contributed by atoms with Gasteiger partial charge in [-0.15, -0.1) is 0 Å². The number of fused-ring (bicyclic) bond motifs is 2. The highest BCUT2D eigenvalue weighted by Crippen LogP contribution is 2.55. The average molecular weight is 523 g/mol. The van der Waals surface area contributed by atoms with Crippen molar-refractivity contribution in [1.29, 1.82) is 0 Å². The van der Waals surface area contributed by atoms with Crippen molar-refractivity contribution in [2.75, 3.05) is 33.2 Å². The number of likely N-dealkylation sites (N-methyl/N-ethyl adjacent to an activating group) is 1. The number of hydrogen-bond acceptors (Lipinski definition) is 4. The lowest BCUT2D eigenvalue weighted by Gasteiger charge is -2.34. The van der Waals surface area contributed by atoms with Crippen LogP contribution in [0.3, 0.4) is 0 Å². The van der Waals surface area contributed by atoms with E-state index >= 15 is 0 Å². The SMILES string of the molecule is CN1CCN(C(=O)C(N)Cc2ccc(Cl)cc2Cl)CC1.O=C1CCc2cccc(Cl)c2C12CC2. The highest BCUT2D eigenvalue weighted by Gasteiger charge is 2.54. The second kappa shape index (κ2) is 10.5. The van der Waals surface area contributed by atoms with E-state index in [1.807, 2.05) is 23.1 Å². The summed E-state index contributed by atoms with van der Waals surface area (Å²) < 4.78 is 0. The van der Waals surface area contributed by atoms with Gasteiger partial charge >= 0.3 is 0 Å². The van der Waals surface area contributed by atoms with Crippen molar-refractivity contribution in [3.63, 3.8) is 0 Å². The standard InChI is InChI=1S/C14H19Cl2N3O.C12H11ClO/c1-18-4-6-19(7-5-18)14(20)13(17)8-10-2-3-11(15)9-12(10)16;13-9-3-1-2-8-4-5-10(14)12(6-7-12)11(8)9/h2-3,9,13H,4-8,17H2,1H3;1-3H,4-7H2. The Kier molecular flexibility index (Phi) is 7.90. The Morgan fingerprint density at radius 3 is 2.38 bits per heavy atom. The molecule has 3 aliphatic rings. The zero-order chi connectivity index (χ0) is 24.5. The van der Waals surface area contributed by atoms with E-state index in [-0.39, 0.29) is 11.3 Å². The van der Waals surface area contributed by atoms with Gasteiger partial charge in [0, 0.05) is 47.7 Å². The van der Waals surface area contributed by atoms with Crippen LogP contribution in [0.5, 0.6) is 0 Å². The van der Waals surface area contributed by atoms with E-state index in [1.54, 1.807) is 12.1 Å². The zero-order valence-electron chi connectivity index (χ0n) is 19.3. The Morgan fingerprint density at radius 2 is 1.74 bits per heavy atom. The number of hydrogen-bond donors (Lipinski definition) is 1. The Morgan fingerprint density at radius 1 is 1.03 bits per heavy atom. The first-order chi connectivity index (χ1) is 16.2. The summed E-state index contributed by atoms with van der Waals surface area (Å²) in [7, 11) is 2.05. The minimum absolute atomic E-state index is 0.0101. The molecular formula is C26H30Cl3N3O2. The highest BCUT2D eigenvalue weighted by atomic mass is 35.5. The minimum atomic E-state index is -0.558. The number of carbonyl (C=O) groups is 2. The van der Waals surface area contributed by atoms with E-state index in [1.165, 1.54) is 5.56 Å². The summed E-state index contributed by atoms with van der Waals surface area (Å²) in [4.78, 5) is 28.2. The maximum Gasteiger partial charge on any atom is 0.239 e. The molecule has 2 aromatic rings. The molecule has 0 radical (unpaired) electrons.